The van der Waals surface area contributed by atoms with Gasteiger partial charge in [-0.25, -0.2) is 4.98 Å². The van der Waals surface area contributed by atoms with Gasteiger partial charge in [0.15, 0.2) is 8.85 Å². The van der Waals surface area contributed by atoms with Crippen LogP contribution in [0.5, 0.6) is 5.88 Å². The van der Waals surface area contributed by atoms with Gasteiger partial charge in [-0.2, -0.15) is 4.98 Å². The lowest BCUT2D eigenvalue weighted by Gasteiger charge is -2.06. The molecule has 16 heavy (non-hydrogen) atoms. The highest BCUT2D eigenvalue weighted by molar-refractivity contribution is 14.1. The summed E-state index contributed by atoms with van der Waals surface area (Å²) in [7, 11) is 0. The highest BCUT2D eigenvalue weighted by Crippen LogP contribution is 2.18. The maximum absolute atomic E-state index is 5.74. The van der Waals surface area contributed by atoms with Gasteiger partial charge in [-0.05, 0) is 28.2 Å². The first kappa shape index (κ1) is 11.6. The number of rotatable bonds is 3. The van der Waals surface area contributed by atoms with Crippen LogP contribution >= 0.6 is 34.2 Å². The van der Waals surface area contributed by atoms with Crippen molar-refractivity contribution in [2.24, 2.45) is 0 Å². The third-order valence-corrected chi connectivity index (χ3v) is 2.81. The fraction of sp³-hybridized carbons (Fsp3) is 0.0909. The van der Waals surface area contributed by atoms with Crippen LogP contribution in [0.2, 0.25) is 5.15 Å². The van der Waals surface area contributed by atoms with Gasteiger partial charge >= 0.3 is 0 Å². The minimum atomic E-state index is 0.337. The highest BCUT2D eigenvalue weighted by atomic mass is 127. The number of hydrogen-bond acceptors (Lipinski definition) is 3. The number of aromatic nitrogens is 2. The van der Waals surface area contributed by atoms with Crippen LogP contribution in [0.15, 0.2) is 36.5 Å². The van der Waals surface area contributed by atoms with Crippen molar-refractivity contribution in [3.05, 3.63) is 50.9 Å². The summed E-state index contributed by atoms with van der Waals surface area (Å²) in [5.74, 6) is 0.469. The second-order valence-electron chi connectivity index (χ2n) is 3.06. The van der Waals surface area contributed by atoms with Crippen LogP contribution < -0.4 is 4.74 Å². The average molecular weight is 347 g/mol. The van der Waals surface area contributed by atoms with Crippen LogP contribution in [0.4, 0.5) is 0 Å². The standard InChI is InChI=1S/C11H8ClIN2O/c12-9-6-14-10(13)11(15-9)16-7-8-4-2-1-3-5-8/h1-6H,7H2. The molecule has 3 nitrogen and oxygen atoms in total. The Morgan fingerprint density at radius 3 is 2.75 bits per heavy atom. The normalized spacial score (nSPS) is 10.1. The molecule has 0 aliphatic heterocycles. The maximum atomic E-state index is 5.74. The molecule has 0 unspecified atom stereocenters. The maximum Gasteiger partial charge on any atom is 0.248 e. The first-order valence-electron chi connectivity index (χ1n) is 4.60. The lowest BCUT2D eigenvalue weighted by molar-refractivity contribution is 0.290. The van der Waals surface area contributed by atoms with E-state index in [0.717, 1.165) is 5.56 Å². The van der Waals surface area contributed by atoms with E-state index in [1.807, 2.05) is 30.3 Å². The van der Waals surface area contributed by atoms with E-state index in [0.29, 0.717) is 21.3 Å². The summed E-state index contributed by atoms with van der Waals surface area (Å²) in [4.78, 5) is 8.12. The Kier molecular flexibility index (Phi) is 3.95. The van der Waals surface area contributed by atoms with Crippen molar-refractivity contribution < 1.29 is 4.74 Å². The van der Waals surface area contributed by atoms with Crippen LogP contribution in [0.25, 0.3) is 0 Å². The zero-order chi connectivity index (χ0) is 11.4. The van der Waals surface area contributed by atoms with E-state index >= 15 is 0 Å². The molecule has 0 saturated heterocycles. The molecule has 0 aliphatic carbocycles. The first-order valence-corrected chi connectivity index (χ1v) is 6.06. The molecule has 0 amide bonds. The predicted octanol–water partition coefficient (Wildman–Crippen LogP) is 3.31. The highest BCUT2D eigenvalue weighted by Gasteiger charge is 2.05. The number of hydrogen-bond donors (Lipinski definition) is 0. The van der Waals surface area contributed by atoms with Crippen molar-refractivity contribution in [2.45, 2.75) is 6.61 Å². The van der Waals surface area contributed by atoms with Gasteiger partial charge < -0.3 is 4.74 Å². The molecule has 1 aromatic carbocycles. The van der Waals surface area contributed by atoms with Gasteiger partial charge in [-0.3, -0.25) is 0 Å². The molecule has 0 radical (unpaired) electrons. The summed E-state index contributed by atoms with van der Waals surface area (Å²) in [6.45, 7) is 0.464. The molecule has 0 spiro atoms. The minimum Gasteiger partial charge on any atom is -0.471 e. The summed E-state index contributed by atoms with van der Waals surface area (Å²) in [6, 6.07) is 9.88. The molecule has 2 rings (SSSR count). The second-order valence-corrected chi connectivity index (χ2v) is 4.47. The van der Waals surface area contributed by atoms with Gasteiger partial charge in [0.25, 0.3) is 0 Å². The monoisotopic (exact) mass is 346 g/mol. The zero-order valence-electron chi connectivity index (χ0n) is 8.23. The SMILES string of the molecule is Clc1cnc(I)c(OCc2ccccc2)n1. The summed E-state index contributed by atoms with van der Waals surface area (Å²) in [5.41, 5.74) is 1.08. The van der Waals surface area contributed by atoms with Gasteiger partial charge in [0.05, 0.1) is 6.20 Å². The number of ether oxygens (including phenoxy) is 1. The molecule has 0 saturated carbocycles. The largest absolute Gasteiger partial charge is 0.471 e. The zero-order valence-corrected chi connectivity index (χ0v) is 11.1. The lowest BCUT2D eigenvalue weighted by Crippen LogP contribution is -2.00. The topological polar surface area (TPSA) is 35.0 Å². The summed E-state index contributed by atoms with van der Waals surface area (Å²) >= 11 is 7.80. The van der Waals surface area contributed by atoms with Crippen LogP contribution in [0, 0.1) is 3.70 Å². The summed E-state index contributed by atoms with van der Waals surface area (Å²) in [6.07, 6.45) is 1.50. The molecule has 0 atom stereocenters. The van der Waals surface area contributed by atoms with Gasteiger partial charge in [0.1, 0.15) is 6.61 Å². The molecule has 0 bridgehead atoms. The molecule has 0 N–H and O–H groups in total. The molecule has 0 fully saturated rings. The third kappa shape index (κ3) is 3.05. The summed E-state index contributed by atoms with van der Waals surface area (Å²) < 4.78 is 6.24. The van der Waals surface area contributed by atoms with E-state index in [2.05, 4.69) is 32.6 Å². The third-order valence-electron chi connectivity index (χ3n) is 1.89. The van der Waals surface area contributed by atoms with Crippen molar-refractivity contribution in [3.8, 4) is 5.88 Å². The molecule has 1 heterocycles. The smallest absolute Gasteiger partial charge is 0.248 e. The van der Waals surface area contributed by atoms with E-state index in [1.165, 1.54) is 6.20 Å². The average Bonchev–Trinajstić information content (AvgIpc) is 2.32. The fourth-order valence-electron chi connectivity index (χ4n) is 1.15. The molecule has 82 valence electrons. The van der Waals surface area contributed by atoms with Crippen LogP contribution in [0.1, 0.15) is 5.56 Å². The Morgan fingerprint density at radius 1 is 1.25 bits per heavy atom. The Hall–Kier alpha value is -0.880. The molecule has 2 aromatic rings. The quantitative estimate of drug-likeness (QED) is 0.800. The van der Waals surface area contributed by atoms with Gasteiger partial charge in [-0.15, -0.1) is 0 Å². The van der Waals surface area contributed by atoms with E-state index in [-0.39, 0.29) is 0 Å². The van der Waals surface area contributed by atoms with Crippen molar-refractivity contribution >= 4 is 34.2 Å². The van der Waals surface area contributed by atoms with Crippen LogP contribution in [0.3, 0.4) is 0 Å². The second kappa shape index (κ2) is 5.45. The van der Waals surface area contributed by atoms with Crippen molar-refractivity contribution in [2.75, 3.05) is 0 Å². The van der Waals surface area contributed by atoms with E-state index in [9.17, 15) is 0 Å². The Balaban J connectivity index is 2.08. The van der Waals surface area contributed by atoms with Gasteiger partial charge in [0, 0.05) is 0 Å². The number of halogens is 2. The van der Waals surface area contributed by atoms with E-state index < -0.39 is 0 Å². The molecular weight excluding hydrogens is 338 g/mol. The van der Waals surface area contributed by atoms with Gasteiger partial charge in [-0.1, -0.05) is 41.9 Å². The lowest BCUT2D eigenvalue weighted by atomic mass is 10.2. The van der Waals surface area contributed by atoms with Crippen molar-refractivity contribution in [1.29, 1.82) is 0 Å². The number of nitrogens with zero attached hydrogens (tertiary/aromatic N) is 2. The minimum absolute atomic E-state index is 0.337. The molecular formula is C11H8ClIN2O. The van der Waals surface area contributed by atoms with Crippen molar-refractivity contribution in [1.82, 2.24) is 9.97 Å². The Morgan fingerprint density at radius 2 is 2.00 bits per heavy atom. The first-order chi connectivity index (χ1) is 7.75. The fourth-order valence-corrected chi connectivity index (χ4v) is 1.70. The Labute approximate surface area is 112 Å². The van der Waals surface area contributed by atoms with Gasteiger partial charge in [0.2, 0.25) is 5.88 Å². The molecule has 5 heteroatoms. The molecule has 1 aromatic heterocycles. The molecule has 0 aliphatic rings. The van der Waals surface area contributed by atoms with Crippen LogP contribution in [-0.4, -0.2) is 9.97 Å². The Bertz CT molecular complexity index is 479. The van der Waals surface area contributed by atoms with Crippen LogP contribution in [-0.2, 0) is 6.61 Å². The van der Waals surface area contributed by atoms with Crippen molar-refractivity contribution in [3.63, 3.8) is 0 Å². The predicted molar refractivity (Wildman–Crippen MR) is 70.5 cm³/mol. The van der Waals surface area contributed by atoms with E-state index in [1.54, 1.807) is 0 Å². The van der Waals surface area contributed by atoms with E-state index in [4.69, 9.17) is 16.3 Å². The number of benzene rings is 1. The summed E-state index contributed by atoms with van der Waals surface area (Å²) in [5, 5.41) is 0.337.